The Hall–Kier alpha value is -0.830. The average molecular weight is 206 g/mol. The number of hydrogen-bond donors (Lipinski definition) is 0. The van der Waals surface area contributed by atoms with Gasteiger partial charge in [-0.2, -0.15) is 0 Å². The molecule has 2 fully saturated rings. The molecule has 0 saturated carbocycles. The first kappa shape index (κ1) is 9.40. The molecule has 1 aromatic rings. The molecule has 2 bridgehead atoms. The first-order valence-corrected chi connectivity index (χ1v) is 5.91. The summed E-state index contributed by atoms with van der Waals surface area (Å²) < 4.78 is 5.43. The van der Waals surface area contributed by atoms with Gasteiger partial charge in [0.25, 0.3) is 0 Å². The number of aromatic nitrogens is 1. The van der Waals surface area contributed by atoms with Crippen molar-refractivity contribution in [2.75, 3.05) is 7.05 Å². The molecule has 0 N–H and O–H groups in total. The van der Waals surface area contributed by atoms with Gasteiger partial charge < -0.3 is 4.52 Å². The number of rotatable bonds is 1. The first-order valence-electron chi connectivity index (χ1n) is 5.91. The van der Waals surface area contributed by atoms with E-state index in [9.17, 15) is 0 Å². The van der Waals surface area contributed by atoms with Crippen LogP contribution in [0.2, 0.25) is 0 Å². The van der Waals surface area contributed by atoms with Crippen molar-refractivity contribution in [1.82, 2.24) is 10.1 Å². The quantitative estimate of drug-likeness (QED) is 0.706. The molecular weight excluding hydrogens is 188 g/mol. The van der Waals surface area contributed by atoms with Crippen LogP contribution in [0.4, 0.5) is 0 Å². The van der Waals surface area contributed by atoms with Crippen molar-refractivity contribution in [2.45, 2.75) is 50.6 Å². The Kier molecular flexibility index (Phi) is 2.09. The Morgan fingerprint density at radius 1 is 1.33 bits per heavy atom. The van der Waals surface area contributed by atoms with Gasteiger partial charge in [0, 0.05) is 24.1 Å². The Bertz CT molecular complexity index is 360. The zero-order valence-electron chi connectivity index (χ0n) is 9.44. The molecule has 0 amide bonds. The first-order chi connectivity index (χ1) is 7.25. The van der Waals surface area contributed by atoms with Gasteiger partial charge in [-0.15, -0.1) is 0 Å². The standard InChI is InChI=1S/C12H18N2O/c1-8-7-12(15-13-8)10-5-3-9-4-6-11(10)14(9)2/h7,9-11H,3-6H2,1-2H3. The van der Waals surface area contributed by atoms with E-state index in [0.717, 1.165) is 17.5 Å². The molecule has 3 unspecified atom stereocenters. The van der Waals surface area contributed by atoms with Crippen LogP contribution in [0.5, 0.6) is 0 Å². The second-order valence-electron chi connectivity index (χ2n) is 5.02. The number of hydrogen-bond acceptors (Lipinski definition) is 3. The number of fused-ring (bicyclic) bond motifs is 2. The summed E-state index contributed by atoms with van der Waals surface area (Å²) in [5, 5.41) is 4.01. The van der Waals surface area contributed by atoms with Gasteiger partial charge in [-0.05, 0) is 39.7 Å². The molecule has 1 aromatic heterocycles. The second kappa shape index (κ2) is 3.34. The summed E-state index contributed by atoms with van der Waals surface area (Å²) in [7, 11) is 2.26. The van der Waals surface area contributed by atoms with Crippen LogP contribution in [-0.4, -0.2) is 29.2 Å². The van der Waals surface area contributed by atoms with E-state index in [0.29, 0.717) is 12.0 Å². The highest BCUT2D eigenvalue weighted by atomic mass is 16.5. The molecule has 3 nitrogen and oxygen atoms in total. The van der Waals surface area contributed by atoms with Crippen LogP contribution in [0.25, 0.3) is 0 Å². The van der Waals surface area contributed by atoms with Crippen LogP contribution in [-0.2, 0) is 0 Å². The maximum Gasteiger partial charge on any atom is 0.141 e. The lowest BCUT2D eigenvalue weighted by molar-refractivity contribution is 0.141. The molecule has 3 rings (SSSR count). The fraction of sp³-hybridized carbons (Fsp3) is 0.750. The highest BCUT2D eigenvalue weighted by Gasteiger charge is 2.42. The molecule has 82 valence electrons. The van der Waals surface area contributed by atoms with Gasteiger partial charge in [0.2, 0.25) is 0 Å². The van der Waals surface area contributed by atoms with Crippen LogP contribution in [0.3, 0.4) is 0 Å². The number of likely N-dealkylation sites (N-methyl/N-ethyl adjacent to an activating group) is 1. The van der Waals surface area contributed by atoms with Gasteiger partial charge >= 0.3 is 0 Å². The van der Waals surface area contributed by atoms with Crippen molar-refractivity contribution in [3.05, 3.63) is 17.5 Å². The monoisotopic (exact) mass is 206 g/mol. The molecule has 0 spiro atoms. The predicted octanol–water partition coefficient (Wildman–Crippen LogP) is 2.32. The lowest BCUT2D eigenvalue weighted by Crippen LogP contribution is -2.40. The summed E-state index contributed by atoms with van der Waals surface area (Å²) in [6.07, 6.45) is 5.28. The number of nitrogens with zero attached hydrogens (tertiary/aromatic N) is 2. The molecule has 0 aliphatic carbocycles. The molecular formula is C12H18N2O. The van der Waals surface area contributed by atoms with Crippen molar-refractivity contribution < 1.29 is 4.52 Å². The number of piperidine rings is 1. The molecule has 2 saturated heterocycles. The maximum atomic E-state index is 5.43. The predicted molar refractivity (Wildman–Crippen MR) is 57.8 cm³/mol. The third-order valence-electron chi connectivity index (χ3n) is 4.18. The Labute approximate surface area is 90.4 Å². The Morgan fingerprint density at radius 3 is 2.87 bits per heavy atom. The lowest BCUT2D eigenvalue weighted by Gasteiger charge is -2.36. The highest BCUT2D eigenvalue weighted by molar-refractivity contribution is 5.14. The number of aryl methyl sites for hydroxylation is 1. The van der Waals surface area contributed by atoms with E-state index in [1.807, 2.05) is 6.92 Å². The normalized spacial score (nSPS) is 36.0. The fourth-order valence-electron chi connectivity index (χ4n) is 3.33. The smallest absolute Gasteiger partial charge is 0.141 e. The molecule has 0 aromatic carbocycles. The third kappa shape index (κ3) is 1.41. The van der Waals surface area contributed by atoms with E-state index in [-0.39, 0.29) is 0 Å². The summed E-state index contributed by atoms with van der Waals surface area (Å²) in [5.41, 5.74) is 1.01. The zero-order valence-corrected chi connectivity index (χ0v) is 9.44. The van der Waals surface area contributed by atoms with E-state index >= 15 is 0 Å². The molecule has 15 heavy (non-hydrogen) atoms. The van der Waals surface area contributed by atoms with Crippen LogP contribution in [0.15, 0.2) is 10.6 Å². The highest BCUT2D eigenvalue weighted by Crippen LogP contribution is 2.42. The largest absolute Gasteiger partial charge is 0.361 e. The fourth-order valence-corrected chi connectivity index (χ4v) is 3.33. The third-order valence-corrected chi connectivity index (χ3v) is 4.18. The second-order valence-corrected chi connectivity index (χ2v) is 5.02. The molecule has 0 radical (unpaired) electrons. The zero-order chi connectivity index (χ0) is 10.4. The van der Waals surface area contributed by atoms with E-state index in [1.54, 1.807) is 0 Å². The molecule has 3 heterocycles. The minimum Gasteiger partial charge on any atom is -0.361 e. The van der Waals surface area contributed by atoms with Crippen LogP contribution in [0, 0.1) is 6.92 Å². The van der Waals surface area contributed by atoms with Crippen molar-refractivity contribution in [3.8, 4) is 0 Å². The van der Waals surface area contributed by atoms with Gasteiger partial charge in [0.05, 0.1) is 5.69 Å². The van der Waals surface area contributed by atoms with Crippen molar-refractivity contribution in [3.63, 3.8) is 0 Å². The summed E-state index contributed by atoms with van der Waals surface area (Å²) >= 11 is 0. The van der Waals surface area contributed by atoms with Gasteiger partial charge in [0.15, 0.2) is 0 Å². The molecule has 2 aliphatic heterocycles. The minimum atomic E-state index is 0.579. The molecule has 3 atom stereocenters. The lowest BCUT2D eigenvalue weighted by atomic mass is 9.88. The topological polar surface area (TPSA) is 29.3 Å². The van der Waals surface area contributed by atoms with Gasteiger partial charge in [-0.3, -0.25) is 4.90 Å². The molecule has 3 heteroatoms. The summed E-state index contributed by atoms with van der Waals surface area (Å²) in [4.78, 5) is 2.55. The van der Waals surface area contributed by atoms with Crippen molar-refractivity contribution >= 4 is 0 Å². The van der Waals surface area contributed by atoms with Crippen LogP contribution < -0.4 is 0 Å². The van der Waals surface area contributed by atoms with Crippen molar-refractivity contribution in [1.29, 1.82) is 0 Å². The Balaban J connectivity index is 1.87. The minimum absolute atomic E-state index is 0.579. The van der Waals surface area contributed by atoms with E-state index in [1.165, 1.54) is 25.7 Å². The van der Waals surface area contributed by atoms with Gasteiger partial charge in [-0.1, -0.05) is 5.16 Å². The van der Waals surface area contributed by atoms with E-state index in [4.69, 9.17) is 4.52 Å². The maximum absolute atomic E-state index is 5.43. The van der Waals surface area contributed by atoms with Gasteiger partial charge in [-0.25, -0.2) is 0 Å². The van der Waals surface area contributed by atoms with E-state index < -0.39 is 0 Å². The van der Waals surface area contributed by atoms with Gasteiger partial charge in [0.1, 0.15) is 5.76 Å². The van der Waals surface area contributed by atoms with Crippen LogP contribution in [0.1, 0.15) is 43.1 Å². The van der Waals surface area contributed by atoms with Crippen LogP contribution >= 0.6 is 0 Å². The molecule has 2 aliphatic rings. The summed E-state index contributed by atoms with van der Waals surface area (Å²) in [6.45, 7) is 2.00. The SMILES string of the molecule is Cc1cc(C2CCC3CCC2N3C)on1. The summed E-state index contributed by atoms with van der Waals surface area (Å²) in [6, 6.07) is 3.63. The van der Waals surface area contributed by atoms with Crippen molar-refractivity contribution in [2.24, 2.45) is 0 Å². The van der Waals surface area contributed by atoms with E-state index in [2.05, 4.69) is 23.2 Å². The summed E-state index contributed by atoms with van der Waals surface area (Å²) in [5.74, 6) is 1.68. The Morgan fingerprint density at radius 2 is 2.13 bits per heavy atom. The average Bonchev–Trinajstić information content (AvgIpc) is 2.72.